The third kappa shape index (κ3) is 2.88. The minimum Gasteiger partial charge on any atom is -0.398 e. The van der Waals surface area contributed by atoms with Gasteiger partial charge in [-0.3, -0.25) is 0 Å². The van der Waals surface area contributed by atoms with E-state index in [9.17, 15) is 0 Å². The van der Waals surface area contributed by atoms with Crippen LogP contribution < -0.4 is 15.5 Å². The molecule has 21 heavy (non-hydrogen) atoms. The molecule has 0 atom stereocenters. The standard InChI is InChI=1S/C16H22N4O/c1-12-15(13-6-4-3-5-7-13)19-20(21-2)16(12)18-14-8-10-17-11-9-14/h3-7,14,17-18H,8-11H2,1-2H3. The second-order valence-electron chi connectivity index (χ2n) is 5.41. The van der Waals surface area contributed by atoms with Gasteiger partial charge in [-0.05, 0) is 32.9 Å². The number of piperidine rings is 1. The molecule has 0 unspecified atom stereocenters. The summed E-state index contributed by atoms with van der Waals surface area (Å²) in [5, 5.41) is 11.6. The molecule has 0 aliphatic carbocycles. The van der Waals surface area contributed by atoms with Crippen molar-refractivity contribution in [3.05, 3.63) is 35.9 Å². The highest BCUT2D eigenvalue weighted by Gasteiger charge is 2.20. The Morgan fingerprint density at radius 2 is 1.95 bits per heavy atom. The van der Waals surface area contributed by atoms with Crippen molar-refractivity contribution >= 4 is 5.82 Å². The molecule has 5 nitrogen and oxygen atoms in total. The minimum atomic E-state index is 0.471. The van der Waals surface area contributed by atoms with Crippen molar-refractivity contribution in [1.29, 1.82) is 0 Å². The molecule has 2 N–H and O–H groups in total. The van der Waals surface area contributed by atoms with Crippen LogP contribution in [0.3, 0.4) is 0 Å². The normalized spacial score (nSPS) is 15.9. The van der Waals surface area contributed by atoms with E-state index in [2.05, 4.69) is 34.8 Å². The second-order valence-corrected chi connectivity index (χ2v) is 5.41. The van der Waals surface area contributed by atoms with Crippen molar-refractivity contribution in [3.63, 3.8) is 0 Å². The van der Waals surface area contributed by atoms with Gasteiger partial charge in [0.1, 0.15) is 12.8 Å². The van der Waals surface area contributed by atoms with E-state index in [-0.39, 0.29) is 0 Å². The lowest BCUT2D eigenvalue weighted by Crippen LogP contribution is -2.36. The fraction of sp³-hybridized carbons (Fsp3) is 0.438. The fourth-order valence-corrected chi connectivity index (χ4v) is 2.80. The molecule has 0 bridgehead atoms. The molecule has 0 radical (unpaired) electrons. The van der Waals surface area contributed by atoms with E-state index < -0.39 is 0 Å². The van der Waals surface area contributed by atoms with Gasteiger partial charge >= 0.3 is 0 Å². The number of hydrogen-bond acceptors (Lipinski definition) is 4. The van der Waals surface area contributed by atoms with E-state index in [1.807, 2.05) is 18.2 Å². The van der Waals surface area contributed by atoms with E-state index in [0.717, 1.165) is 48.6 Å². The van der Waals surface area contributed by atoms with Crippen molar-refractivity contribution in [2.24, 2.45) is 0 Å². The van der Waals surface area contributed by atoms with Crippen LogP contribution in [0.1, 0.15) is 18.4 Å². The Morgan fingerprint density at radius 3 is 2.62 bits per heavy atom. The van der Waals surface area contributed by atoms with E-state index in [4.69, 9.17) is 4.84 Å². The summed E-state index contributed by atoms with van der Waals surface area (Å²) in [5.41, 5.74) is 3.20. The largest absolute Gasteiger partial charge is 0.398 e. The van der Waals surface area contributed by atoms with Crippen molar-refractivity contribution < 1.29 is 4.84 Å². The Kier molecular flexibility index (Phi) is 4.10. The predicted octanol–water partition coefficient (Wildman–Crippen LogP) is 2.08. The highest BCUT2D eigenvalue weighted by molar-refractivity contribution is 5.68. The molecule has 1 aliphatic rings. The van der Waals surface area contributed by atoms with Crippen LogP contribution in [0.25, 0.3) is 11.3 Å². The number of rotatable bonds is 4. The van der Waals surface area contributed by atoms with Crippen LogP contribution in [0.4, 0.5) is 5.82 Å². The lowest BCUT2D eigenvalue weighted by Gasteiger charge is -2.24. The zero-order valence-electron chi connectivity index (χ0n) is 12.6. The minimum absolute atomic E-state index is 0.471. The summed E-state index contributed by atoms with van der Waals surface area (Å²) in [7, 11) is 1.65. The maximum atomic E-state index is 5.40. The monoisotopic (exact) mass is 286 g/mol. The molecule has 1 saturated heterocycles. The molecule has 5 heteroatoms. The van der Waals surface area contributed by atoms with Gasteiger partial charge in [-0.25, -0.2) is 0 Å². The Labute approximate surface area is 125 Å². The first-order valence-electron chi connectivity index (χ1n) is 7.46. The number of benzene rings is 1. The van der Waals surface area contributed by atoms with Crippen molar-refractivity contribution in [2.45, 2.75) is 25.8 Å². The number of anilines is 1. The summed E-state index contributed by atoms with van der Waals surface area (Å²) in [5.74, 6) is 0.961. The Hall–Kier alpha value is -2.01. The molecular weight excluding hydrogens is 264 g/mol. The van der Waals surface area contributed by atoms with Gasteiger partial charge < -0.3 is 15.5 Å². The van der Waals surface area contributed by atoms with Crippen LogP contribution in [-0.2, 0) is 0 Å². The number of nitrogens with one attached hydrogen (secondary N) is 2. The summed E-state index contributed by atoms with van der Waals surface area (Å²) in [6, 6.07) is 10.7. The second kappa shape index (κ2) is 6.18. The summed E-state index contributed by atoms with van der Waals surface area (Å²) >= 11 is 0. The Morgan fingerprint density at radius 1 is 1.24 bits per heavy atom. The zero-order chi connectivity index (χ0) is 14.7. The van der Waals surface area contributed by atoms with Gasteiger partial charge in [0.25, 0.3) is 0 Å². The molecule has 2 heterocycles. The average molecular weight is 286 g/mol. The SMILES string of the molecule is COn1nc(-c2ccccc2)c(C)c1NC1CCNCC1. The molecule has 1 aromatic heterocycles. The molecule has 1 aliphatic heterocycles. The molecule has 0 spiro atoms. The first-order valence-corrected chi connectivity index (χ1v) is 7.46. The van der Waals surface area contributed by atoms with Crippen LogP contribution in [-0.4, -0.2) is 36.2 Å². The molecule has 2 aromatic rings. The van der Waals surface area contributed by atoms with Gasteiger partial charge in [-0.1, -0.05) is 35.2 Å². The lowest BCUT2D eigenvalue weighted by molar-refractivity contribution is 0.139. The molecular formula is C16H22N4O. The summed E-state index contributed by atoms with van der Waals surface area (Å²) in [6.45, 7) is 4.21. The first-order chi connectivity index (χ1) is 10.3. The summed E-state index contributed by atoms with van der Waals surface area (Å²) < 4.78 is 0. The van der Waals surface area contributed by atoms with E-state index in [0.29, 0.717) is 6.04 Å². The van der Waals surface area contributed by atoms with Gasteiger partial charge in [-0.15, -0.1) is 5.10 Å². The zero-order valence-corrected chi connectivity index (χ0v) is 12.6. The average Bonchev–Trinajstić information content (AvgIpc) is 2.86. The third-order valence-electron chi connectivity index (χ3n) is 3.99. The molecule has 3 rings (SSSR count). The number of aromatic nitrogens is 2. The first kappa shape index (κ1) is 13.9. The Balaban J connectivity index is 1.90. The molecule has 0 saturated carbocycles. The van der Waals surface area contributed by atoms with Crippen LogP contribution in [0, 0.1) is 6.92 Å². The molecule has 0 amide bonds. The summed E-state index contributed by atoms with van der Waals surface area (Å²) in [4.78, 5) is 6.99. The van der Waals surface area contributed by atoms with E-state index in [1.165, 1.54) is 0 Å². The van der Waals surface area contributed by atoms with Gasteiger partial charge in [0.05, 0.1) is 0 Å². The van der Waals surface area contributed by atoms with E-state index >= 15 is 0 Å². The molecule has 112 valence electrons. The van der Waals surface area contributed by atoms with Crippen LogP contribution in [0.15, 0.2) is 30.3 Å². The number of nitrogens with zero attached hydrogens (tertiary/aromatic N) is 2. The maximum Gasteiger partial charge on any atom is 0.169 e. The molecule has 1 fully saturated rings. The van der Waals surface area contributed by atoms with Gasteiger partial charge in [0.15, 0.2) is 5.82 Å². The quantitative estimate of drug-likeness (QED) is 0.903. The van der Waals surface area contributed by atoms with Crippen LogP contribution >= 0.6 is 0 Å². The Bertz CT molecular complexity index is 588. The smallest absolute Gasteiger partial charge is 0.169 e. The maximum absolute atomic E-state index is 5.40. The van der Waals surface area contributed by atoms with Crippen molar-refractivity contribution in [1.82, 2.24) is 15.3 Å². The topological polar surface area (TPSA) is 51.1 Å². The van der Waals surface area contributed by atoms with Crippen molar-refractivity contribution in [2.75, 3.05) is 25.5 Å². The van der Waals surface area contributed by atoms with Crippen LogP contribution in [0.5, 0.6) is 0 Å². The van der Waals surface area contributed by atoms with Crippen molar-refractivity contribution in [3.8, 4) is 11.3 Å². The van der Waals surface area contributed by atoms with Gasteiger partial charge in [0.2, 0.25) is 0 Å². The molecule has 1 aromatic carbocycles. The van der Waals surface area contributed by atoms with Gasteiger partial charge in [-0.2, -0.15) is 0 Å². The predicted molar refractivity (Wildman–Crippen MR) is 84.4 cm³/mol. The highest BCUT2D eigenvalue weighted by Crippen LogP contribution is 2.28. The third-order valence-corrected chi connectivity index (χ3v) is 3.99. The fourth-order valence-electron chi connectivity index (χ4n) is 2.80. The highest BCUT2D eigenvalue weighted by atomic mass is 16.7. The summed E-state index contributed by atoms with van der Waals surface area (Å²) in [6.07, 6.45) is 2.24. The lowest BCUT2D eigenvalue weighted by atomic mass is 10.1. The van der Waals surface area contributed by atoms with Gasteiger partial charge in [0, 0.05) is 17.2 Å². The number of hydrogen-bond donors (Lipinski definition) is 2. The van der Waals surface area contributed by atoms with Crippen LogP contribution in [0.2, 0.25) is 0 Å². The van der Waals surface area contributed by atoms with E-state index in [1.54, 1.807) is 12.0 Å².